The molecular formula is C82H72N4O. The zero-order chi connectivity index (χ0) is 58.5. The van der Waals surface area contributed by atoms with Gasteiger partial charge in [-0.1, -0.05) is 163 Å². The summed E-state index contributed by atoms with van der Waals surface area (Å²) in [5, 5.41) is 7.28. The Bertz CT molecular complexity index is 4830. The van der Waals surface area contributed by atoms with E-state index in [9.17, 15) is 0 Å². The van der Waals surface area contributed by atoms with Crippen LogP contribution in [0.2, 0.25) is 0 Å². The molecule has 2 aromatic heterocycles. The molecule has 0 saturated heterocycles. The number of benzene rings is 11. The van der Waals surface area contributed by atoms with Crippen molar-refractivity contribution in [2.24, 2.45) is 23.7 Å². The summed E-state index contributed by atoms with van der Waals surface area (Å²) in [6, 6.07) is 91.6. The maximum atomic E-state index is 7.68. The lowest BCUT2D eigenvalue weighted by molar-refractivity contribution is -0.0450. The van der Waals surface area contributed by atoms with Gasteiger partial charge in [-0.25, -0.2) is 0 Å². The molecule has 4 saturated carbocycles. The Morgan fingerprint density at radius 3 is 1.29 bits per heavy atom. The highest BCUT2D eigenvalue weighted by Crippen LogP contribution is 2.70. The average Bonchev–Trinajstić information content (AvgIpc) is 1.38. The topological polar surface area (TPSA) is 25.6 Å². The van der Waals surface area contributed by atoms with E-state index in [0.29, 0.717) is 11.8 Å². The zero-order valence-corrected chi connectivity index (χ0v) is 50.6. The van der Waals surface area contributed by atoms with Gasteiger partial charge in [-0.2, -0.15) is 0 Å². The molecule has 0 unspecified atom stereocenters. The SMILES string of the molecule is CC(C)(C)c1ccc(N(c2ccc3c(c2)C2(c4cc(N(c5ccc(C(C)(C)C)cc5)c5ccc6c(c5)c5ccccc5n6-c5ccccc5)c5ccccc5c4O3)C3CC4CC(C3)CC2C4)c2ccc3c(c2)c2ccccc2n3-c2ccccc2)cc1. The normalized spacial score (nSPS) is 19.5. The fraction of sp³-hybridized carbons (Fsp3) is 0.220. The summed E-state index contributed by atoms with van der Waals surface area (Å²) in [4.78, 5) is 5.10. The number of aromatic nitrogens is 2. The van der Waals surface area contributed by atoms with Crippen LogP contribution in [0.4, 0.5) is 34.1 Å². The van der Waals surface area contributed by atoms with Gasteiger partial charge in [-0.3, -0.25) is 0 Å². The van der Waals surface area contributed by atoms with Crippen LogP contribution in [0, 0.1) is 23.7 Å². The number of ether oxygens (including phenoxy) is 1. The Kier molecular flexibility index (Phi) is 11.6. The van der Waals surface area contributed by atoms with Crippen molar-refractivity contribution in [2.45, 2.75) is 89.9 Å². The summed E-state index contributed by atoms with van der Waals surface area (Å²) in [6.07, 6.45) is 6.30. The minimum Gasteiger partial charge on any atom is -0.456 e. The molecular weight excluding hydrogens is 1060 g/mol. The first-order valence-corrected chi connectivity index (χ1v) is 31.7. The van der Waals surface area contributed by atoms with E-state index in [2.05, 4.69) is 303 Å². The van der Waals surface area contributed by atoms with Crippen molar-refractivity contribution in [3.05, 3.63) is 265 Å². The number of para-hydroxylation sites is 4. The van der Waals surface area contributed by atoms with Crippen molar-refractivity contribution >= 4 is 88.5 Å². The van der Waals surface area contributed by atoms with Gasteiger partial charge in [0.15, 0.2) is 0 Å². The molecule has 5 aliphatic rings. The highest BCUT2D eigenvalue weighted by atomic mass is 16.5. The van der Waals surface area contributed by atoms with E-state index in [-0.39, 0.29) is 16.2 Å². The van der Waals surface area contributed by atoms with Gasteiger partial charge in [-0.15, -0.1) is 0 Å². The largest absolute Gasteiger partial charge is 0.456 e. The third kappa shape index (κ3) is 8.04. The van der Waals surface area contributed by atoms with Crippen molar-refractivity contribution in [2.75, 3.05) is 9.80 Å². The van der Waals surface area contributed by atoms with Crippen molar-refractivity contribution < 1.29 is 4.74 Å². The van der Waals surface area contributed by atoms with Crippen LogP contribution in [0.5, 0.6) is 11.5 Å². The van der Waals surface area contributed by atoms with Gasteiger partial charge in [0, 0.05) is 88.7 Å². The van der Waals surface area contributed by atoms with Gasteiger partial charge in [0.05, 0.1) is 27.8 Å². The molecule has 11 aromatic carbocycles. The fourth-order valence-corrected chi connectivity index (χ4v) is 17.1. The first-order valence-electron chi connectivity index (χ1n) is 31.7. The van der Waals surface area contributed by atoms with Crippen LogP contribution >= 0.6 is 0 Å². The highest BCUT2D eigenvalue weighted by Gasteiger charge is 2.62. The van der Waals surface area contributed by atoms with E-state index in [1.165, 1.54) is 109 Å². The molecule has 0 amide bonds. The Balaban J connectivity index is 0.897. The fourth-order valence-electron chi connectivity index (χ4n) is 17.1. The Hall–Kier alpha value is -9.32. The summed E-state index contributed by atoms with van der Waals surface area (Å²) in [5.41, 5.74) is 19.0. The summed E-state index contributed by atoms with van der Waals surface area (Å²) in [5.74, 6) is 4.44. The molecule has 426 valence electrons. The first-order chi connectivity index (χ1) is 42.4. The summed E-state index contributed by atoms with van der Waals surface area (Å²) < 4.78 is 12.5. The third-order valence-corrected chi connectivity index (χ3v) is 20.8. The number of hydrogen-bond acceptors (Lipinski definition) is 3. The molecule has 0 radical (unpaired) electrons. The number of nitrogens with zero attached hydrogens (tertiary/aromatic N) is 4. The number of hydrogen-bond donors (Lipinski definition) is 0. The molecule has 13 aromatic rings. The van der Waals surface area contributed by atoms with E-state index in [1.807, 2.05) is 0 Å². The maximum Gasteiger partial charge on any atom is 0.139 e. The van der Waals surface area contributed by atoms with E-state index in [4.69, 9.17) is 4.74 Å². The quantitative estimate of drug-likeness (QED) is 0.152. The Morgan fingerprint density at radius 2 is 0.770 bits per heavy atom. The van der Waals surface area contributed by atoms with Gasteiger partial charge in [0.1, 0.15) is 11.5 Å². The molecule has 0 atom stereocenters. The lowest BCUT2D eigenvalue weighted by Gasteiger charge is -2.63. The zero-order valence-electron chi connectivity index (χ0n) is 50.6. The minimum atomic E-state index is -0.297. The molecule has 1 aliphatic heterocycles. The first kappa shape index (κ1) is 52.0. The molecule has 4 aliphatic carbocycles. The maximum absolute atomic E-state index is 7.68. The van der Waals surface area contributed by atoms with Gasteiger partial charge in [0.25, 0.3) is 0 Å². The molecule has 18 rings (SSSR count). The summed E-state index contributed by atoms with van der Waals surface area (Å²) in [7, 11) is 0. The van der Waals surface area contributed by atoms with Crippen LogP contribution in [0.15, 0.2) is 243 Å². The van der Waals surface area contributed by atoms with Gasteiger partial charge >= 0.3 is 0 Å². The van der Waals surface area contributed by atoms with Crippen molar-refractivity contribution in [1.29, 1.82) is 0 Å². The number of fused-ring (bicyclic) bond motifs is 10. The second-order valence-corrected chi connectivity index (χ2v) is 27.8. The molecule has 1 spiro atoms. The predicted molar refractivity (Wildman–Crippen MR) is 364 cm³/mol. The van der Waals surface area contributed by atoms with Gasteiger partial charge < -0.3 is 23.7 Å². The second kappa shape index (κ2) is 19.3. The number of rotatable bonds is 8. The Labute approximate surface area is 510 Å². The smallest absolute Gasteiger partial charge is 0.139 e. The van der Waals surface area contributed by atoms with Gasteiger partial charge in [-0.05, 0) is 199 Å². The van der Waals surface area contributed by atoms with Crippen LogP contribution in [0.25, 0.3) is 65.8 Å². The van der Waals surface area contributed by atoms with E-state index >= 15 is 0 Å². The monoisotopic (exact) mass is 1130 g/mol. The van der Waals surface area contributed by atoms with Gasteiger partial charge in [0.2, 0.25) is 0 Å². The lowest BCUT2D eigenvalue weighted by atomic mass is 9.41. The van der Waals surface area contributed by atoms with Crippen LogP contribution in [0.1, 0.15) is 95.9 Å². The van der Waals surface area contributed by atoms with Crippen molar-refractivity contribution in [3.8, 4) is 22.9 Å². The molecule has 5 heteroatoms. The third-order valence-electron chi connectivity index (χ3n) is 20.8. The number of anilines is 6. The average molecular weight is 1130 g/mol. The Morgan fingerprint density at radius 1 is 0.356 bits per heavy atom. The predicted octanol–water partition coefficient (Wildman–Crippen LogP) is 22.4. The van der Waals surface area contributed by atoms with Crippen LogP contribution < -0.4 is 14.5 Å². The van der Waals surface area contributed by atoms with Crippen LogP contribution in [0.3, 0.4) is 0 Å². The summed E-state index contributed by atoms with van der Waals surface area (Å²) >= 11 is 0. The minimum absolute atomic E-state index is 0.00349. The molecule has 3 heterocycles. The summed E-state index contributed by atoms with van der Waals surface area (Å²) in [6.45, 7) is 13.9. The standard InChI is InChI=1S/C82H72N4O/c1-80(2,3)54-29-33-60(34-30-54)83(62-37-40-75-69(48-62)66-24-15-17-27-73(66)85(75)58-19-9-7-10-20-58)64-39-42-78-71(50-64)82(56-44-52-43-53(46-56)47-57(82)45-52)72-51-77(65-23-13-14-26-68(65)79(72)87-78)84(61-35-31-55(32-36-61)81(4,5)6)63-38-41-76-70(49-63)67-25-16-18-28-74(67)86(76)59-21-11-8-12-22-59/h7-42,48-53,56-57H,43-47H2,1-6H3. The molecule has 4 bridgehead atoms. The van der Waals surface area contributed by atoms with Crippen molar-refractivity contribution in [3.63, 3.8) is 0 Å². The molecule has 0 N–H and O–H groups in total. The van der Waals surface area contributed by atoms with E-state index < -0.39 is 0 Å². The van der Waals surface area contributed by atoms with Crippen LogP contribution in [-0.2, 0) is 16.2 Å². The van der Waals surface area contributed by atoms with Crippen molar-refractivity contribution in [1.82, 2.24) is 9.13 Å². The van der Waals surface area contributed by atoms with Crippen LogP contribution in [-0.4, -0.2) is 9.13 Å². The highest BCUT2D eigenvalue weighted by molar-refractivity contribution is 6.13. The second-order valence-electron chi connectivity index (χ2n) is 27.8. The molecule has 5 nitrogen and oxygen atoms in total. The molecule has 87 heavy (non-hydrogen) atoms. The lowest BCUT2D eigenvalue weighted by Crippen LogP contribution is -2.57. The van der Waals surface area contributed by atoms with E-state index in [0.717, 1.165) is 68.5 Å². The van der Waals surface area contributed by atoms with E-state index in [1.54, 1.807) is 0 Å². The molecule has 4 fully saturated rings.